The zero-order valence-electron chi connectivity index (χ0n) is 16.6. The Hall–Kier alpha value is -2.88. The van der Waals surface area contributed by atoms with E-state index in [1.54, 1.807) is 18.9 Å². The van der Waals surface area contributed by atoms with Crippen molar-refractivity contribution in [2.75, 3.05) is 7.05 Å². The van der Waals surface area contributed by atoms with E-state index in [0.29, 0.717) is 23.6 Å². The third-order valence-electron chi connectivity index (χ3n) is 4.70. The number of benzene rings is 2. The molecule has 0 aliphatic heterocycles. The Kier molecular flexibility index (Phi) is 5.17. The molecule has 0 aliphatic carbocycles. The Morgan fingerprint density at radius 1 is 1.04 bits per heavy atom. The van der Waals surface area contributed by atoms with Crippen molar-refractivity contribution in [3.8, 4) is 11.3 Å². The molecule has 27 heavy (non-hydrogen) atoms. The van der Waals surface area contributed by atoms with Crippen molar-refractivity contribution < 1.29 is 9.32 Å². The van der Waals surface area contributed by atoms with Crippen LogP contribution in [0.1, 0.15) is 48.0 Å². The summed E-state index contributed by atoms with van der Waals surface area (Å²) in [6.07, 6.45) is 0. The van der Waals surface area contributed by atoms with Crippen LogP contribution in [0.3, 0.4) is 0 Å². The first kappa shape index (κ1) is 18.9. The Morgan fingerprint density at radius 2 is 1.67 bits per heavy atom. The highest BCUT2D eigenvalue weighted by Gasteiger charge is 2.25. The lowest BCUT2D eigenvalue weighted by Gasteiger charge is -2.19. The average molecular weight is 362 g/mol. The monoisotopic (exact) mass is 362 g/mol. The minimum absolute atomic E-state index is 0.0738. The lowest BCUT2D eigenvalue weighted by atomic mass is 9.86. The molecule has 1 heterocycles. The van der Waals surface area contributed by atoms with Crippen LogP contribution in [0.2, 0.25) is 0 Å². The summed E-state index contributed by atoms with van der Waals surface area (Å²) in [6.45, 7) is 8.86. The molecule has 1 aromatic heterocycles. The number of aromatic nitrogens is 1. The molecule has 0 spiro atoms. The Bertz CT molecular complexity index is 919. The predicted octanol–water partition coefficient (Wildman–Crippen LogP) is 5.22. The zero-order valence-corrected chi connectivity index (χ0v) is 16.6. The molecule has 2 aromatic carbocycles. The van der Waals surface area contributed by atoms with Gasteiger partial charge in [-0.15, -0.1) is 0 Å². The molecule has 0 N–H and O–H groups in total. The number of rotatable bonds is 4. The van der Waals surface area contributed by atoms with Crippen molar-refractivity contribution in [2.24, 2.45) is 0 Å². The first-order valence-corrected chi connectivity index (χ1v) is 9.14. The number of hydrogen-bond acceptors (Lipinski definition) is 3. The molecule has 0 fully saturated rings. The summed E-state index contributed by atoms with van der Waals surface area (Å²) < 4.78 is 5.53. The van der Waals surface area contributed by atoms with E-state index in [-0.39, 0.29) is 11.3 Å². The fourth-order valence-electron chi connectivity index (χ4n) is 3.06. The molecule has 0 radical (unpaired) electrons. The van der Waals surface area contributed by atoms with Gasteiger partial charge in [-0.05, 0) is 23.5 Å². The fraction of sp³-hybridized carbons (Fsp3) is 0.304. The van der Waals surface area contributed by atoms with Gasteiger partial charge in [-0.2, -0.15) is 0 Å². The number of amides is 1. The van der Waals surface area contributed by atoms with Gasteiger partial charge in [-0.3, -0.25) is 4.79 Å². The summed E-state index contributed by atoms with van der Waals surface area (Å²) in [5, 5.41) is 4.05. The van der Waals surface area contributed by atoms with Gasteiger partial charge in [0.1, 0.15) is 5.56 Å². The van der Waals surface area contributed by atoms with E-state index in [9.17, 15) is 4.79 Å². The molecular formula is C23H26N2O2. The molecule has 4 nitrogen and oxygen atoms in total. The summed E-state index contributed by atoms with van der Waals surface area (Å²) in [5.74, 6) is 0.436. The van der Waals surface area contributed by atoms with E-state index >= 15 is 0 Å². The Balaban J connectivity index is 1.89. The van der Waals surface area contributed by atoms with Crippen molar-refractivity contribution in [3.05, 3.63) is 77.0 Å². The minimum Gasteiger partial charge on any atom is -0.355 e. The van der Waals surface area contributed by atoms with Crippen LogP contribution in [0, 0.1) is 6.92 Å². The van der Waals surface area contributed by atoms with Gasteiger partial charge >= 0.3 is 0 Å². The molecule has 0 saturated heterocycles. The maximum Gasteiger partial charge on any atom is 0.259 e. The number of nitrogens with zero attached hydrogens (tertiary/aromatic N) is 2. The fourth-order valence-corrected chi connectivity index (χ4v) is 3.06. The van der Waals surface area contributed by atoms with Gasteiger partial charge in [-0.1, -0.05) is 80.5 Å². The molecule has 0 atom stereocenters. The summed E-state index contributed by atoms with van der Waals surface area (Å²) in [6, 6.07) is 18.1. The molecule has 0 aliphatic rings. The minimum atomic E-state index is -0.0903. The highest BCUT2D eigenvalue weighted by atomic mass is 16.5. The Morgan fingerprint density at radius 3 is 2.26 bits per heavy atom. The van der Waals surface area contributed by atoms with Crippen molar-refractivity contribution >= 4 is 5.91 Å². The first-order valence-electron chi connectivity index (χ1n) is 9.14. The van der Waals surface area contributed by atoms with Gasteiger partial charge < -0.3 is 9.42 Å². The molecule has 140 valence electrons. The number of aryl methyl sites for hydroxylation is 1. The van der Waals surface area contributed by atoms with Crippen LogP contribution in [0.25, 0.3) is 11.3 Å². The molecule has 4 heteroatoms. The second kappa shape index (κ2) is 7.39. The predicted molar refractivity (Wildman–Crippen MR) is 108 cm³/mol. The zero-order chi connectivity index (χ0) is 19.6. The van der Waals surface area contributed by atoms with Crippen LogP contribution in [-0.2, 0) is 12.0 Å². The Labute approximate surface area is 160 Å². The van der Waals surface area contributed by atoms with E-state index in [0.717, 1.165) is 11.1 Å². The van der Waals surface area contributed by atoms with Gasteiger partial charge in [0, 0.05) is 19.2 Å². The van der Waals surface area contributed by atoms with E-state index < -0.39 is 0 Å². The topological polar surface area (TPSA) is 46.3 Å². The lowest BCUT2D eigenvalue weighted by molar-refractivity contribution is 0.0784. The number of carbonyl (C=O) groups is 1. The van der Waals surface area contributed by atoms with Crippen LogP contribution >= 0.6 is 0 Å². The second-order valence-electron chi connectivity index (χ2n) is 7.95. The van der Waals surface area contributed by atoms with Crippen molar-refractivity contribution in [1.82, 2.24) is 10.1 Å². The highest BCUT2D eigenvalue weighted by molar-refractivity contribution is 6.00. The largest absolute Gasteiger partial charge is 0.355 e. The van der Waals surface area contributed by atoms with Crippen LogP contribution in [-0.4, -0.2) is 23.0 Å². The molecule has 3 aromatic rings. The summed E-state index contributed by atoms with van der Waals surface area (Å²) in [5.41, 5.74) is 4.38. The third kappa shape index (κ3) is 4.11. The summed E-state index contributed by atoms with van der Waals surface area (Å²) >= 11 is 0. The van der Waals surface area contributed by atoms with Crippen LogP contribution in [0.4, 0.5) is 0 Å². The molecule has 1 amide bonds. The van der Waals surface area contributed by atoms with E-state index in [1.165, 1.54) is 5.56 Å². The molecular weight excluding hydrogens is 336 g/mol. The van der Waals surface area contributed by atoms with Gasteiger partial charge in [-0.25, -0.2) is 0 Å². The van der Waals surface area contributed by atoms with Crippen molar-refractivity contribution in [1.29, 1.82) is 0 Å². The number of carbonyl (C=O) groups excluding carboxylic acids is 1. The molecule has 0 bridgehead atoms. The quantitative estimate of drug-likeness (QED) is 0.639. The SMILES string of the molecule is Cc1noc(-c2ccc(C(C)(C)C)cc2)c1C(=O)N(C)Cc1ccccc1. The number of hydrogen-bond donors (Lipinski definition) is 0. The standard InChI is InChI=1S/C23H26N2O2/c1-16-20(22(26)25(5)15-17-9-7-6-8-10-17)21(27-24-16)18-11-13-19(14-12-18)23(2,3)4/h6-14H,15H2,1-5H3. The molecule has 3 rings (SSSR count). The third-order valence-corrected chi connectivity index (χ3v) is 4.70. The van der Waals surface area contributed by atoms with Gasteiger partial charge in [0.2, 0.25) is 0 Å². The van der Waals surface area contributed by atoms with Gasteiger partial charge in [0.05, 0.1) is 5.69 Å². The summed E-state index contributed by atoms with van der Waals surface area (Å²) in [7, 11) is 1.80. The van der Waals surface area contributed by atoms with Crippen LogP contribution in [0.15, 0.2) is 59.1 Å². The maximum atomic E-state index is 13.1. The van der Waals surface area contributed by atoms with Crippen LogP contribution < -0.4 is 0 Å². The van der Waals surface area contributed by atoms with E-state index in [2.05, 4.69) is 38.1 Å². The second-order valence-corrected chi connectivity index (χ2v) is 7.95. The van der Waals surface area contributed by atoms with Crippen molar-refractivity contribution in [2.45, 2.75) is 39.7 Å². The highest BCUT2D eigenvalue weighted by Crippen LogP contribution is 2.30. The lowest BCUT2D eigenvalue weighted by Crippen LogP contribution is -2.26. The first-order chi connectivity index (χ1) is 12.8. The van der Waals surface area contributed by atoms with Gasteiger partial charge in [0.25, 0.3) is 5.91 Å². The smallest absolute Gasteiger partial charge is 0.259 e. The maximum absolute atomic E-state index is 13.1. The normalized spacial score (nSPS) is 11.4. The van der Waals surface area contributed by atoms with Crippen molar-refractivity contribution in [3.63, 3.8) is 0 Å². The van der Waals surface area contributed by atoms with E-state index in [4.69, 9.17) is 4.52 Å². The molecule has 0 unspecified atom stereocenters. The van der Waals surface area contributed by atoms with E-state index in [1.807, 2.05) is 42.5 Å². The summed E-state index contributed by atoms with van der Waals surface area (Å²) in [4.78, 5) is 14.8. The average Bonchev–Trinajstić information content (AvgIpc) is 3.02. The van der Waals surface area contributed by atoms with Crippen LogP contribution in [0.5, 0.6) is 0 Å². The van der Waals surface area contributed by atoms with Gasteiger partial charge in [0.15, 0.2) is 5.76 Å². The molecule has 0 saturated carbocycles.